The van der Waals surface area contributed by atoms with Gasteiger partial charge in [-0.2, -0.15) is 0 Å². The molecule has 144 valence electrons. The minimum absolute atomic E-state index is 0.0833. The molecule has 1 fully saturated rings. The van der Waals surface area contributed by atoms with Crippen molar-refractivity contribution in [3.05, 3.63) is 23.8 Å². The van der Waals surface area contributed by atoms with Gasteiger partial charge in [-0.3, -0.25) is 20.4 Å². The molecule has 0 bridgehead atoms. The molecule has 0 radical (unpaired) electrons. The van der Waals surface area contributed by atoms with Crippen molar-refractivity contribution in [2.75, 3.05) is 19.5 Å². The maximum Gasteiger partial charge on any atom is 0.269 e. The Bertz CT molecular complexity index is 823. The van der Waals surface area contributed by atoms with Crippen LogP contribution in [0.3, 0.4) is 0 Å². The first-order chi connectivity index (χ1) is 13.1. The maximum absolute atomic E-state index is 12.2. The summed E-state index contributed by atoms with van der Waals surface area (Å²) in [7, 11) is 1.49. The van der Waals surface area contributed by atoms with Gasteiger partial charge in [0.2, 0.25) is 11.1 Å². The zero-order chi connectivity index (χ0) is 19.2. The maximum atomic E-state index is 12.2. The van der Waals surface area contributed by atoms with Gasteiger partial charge in [-0.1, -0.05) is 11.8 Å². The third-order valence-electron chi connectivity index (χ3n) is 3.73. The molecule has 11 heteroatoms. The molecule has 3 rings (SSSR count). The normalized spacial score (nSPS) is 13.1. The topological polar surface area (TPSA) is 120 Å². The number of methoxy groups -OCH3 is 1. The van der Waals surface area contributed by atoms with Gasteiger partial charge in [0.25, 0.3) is 5.91 Å². The van der Waals surface area contributed by atoms with E-state index >= 15 is 0 Å². The molecule has 0 spiro atoms. The van der Waals surface area contributed by atoms with Gasteiger partial charge in [0, 0.05) is 5.56 Å². The van der Waals surface area contributed by atoms with E-state index in [2.05, 4.69) is 26.4 Å². The summed E-state index contributed by atoms with van der Waals surface area (Å²) in [5, 5.41) is 12.0. The highest BCUT2D eigenvalue weighted by atomic mass is 32.2. The third kappa shape index (κ3) is 4.88. The van der Waals surface area contributed by atoms with Gasteiger partial charge in [-0.15, -0.1) is 5.10 Å². The minimum atomic E-state index is -0.461. The quantitative estimate of drug-likeness (QED) is 0.504. The average molecular weight is 392 g/mol. The highest BCUT2D eigenvalue weighted by Crippen LogP contribution is 2.36. The number of benzene rings is 1. The van der Waals surface area contributed by atoms with E-state index in [9.17, 15) is 9.59 Å². The first-order valence-corrected chi connectivity index (χ1v) is 9.41. The molecular weight excluding hydrogens is 372 g/mol. The van der Waals surface area contributed by atoms with Gasteiger partial charge in [0.1, 0.15) is 0 Å². The molecular formula is C16H20N6O4S. The second-order valence-electron chi connectivity index (χ2n) is 5.73. The van der Waals surface area contributed by atoms with Crippen molar-refractivity contribution in [3.63, 3.8) is 0 Å². The van der Waals surface area contributed by atoms with Crippen LogP contribution in [0.25, 0.3) is 0 Å². The van der Waals surface area contributed by atoms with E-state index in [-0.39, 0.29) is 11.7 Å². The number of nitrogens with one attached hydrogen (secondary N) is 2. The second-order valence-corrected chi connectivity index (χ2v) is 6.67. The summed E-state index contributed by atoms with van der Waals surface area (Å²) in [6, 6.07) is 5.12. The first kappa shape index (κ1) is 19.0. The van der Waals surface area contributed by atoms with Gasteiger partial charge in [0.15, 0.2) is 11.5 Å². The third-order valence-corrected chi connectivity index (χ3v) is 4.66. The monoisotopic (exact) mass is 392 g/mol. The van der Waals surface area contributed by atoms with Gasteiger partial charge < -0.3 is 9.47 Å². The fourth-order valence-corrected chi connectivity index (χ4v) is 3.02. The lowest BCUT2D eigenvalue weighted by atomic mass is 10.2. The van der Waals surface area contributed by atoms with Gasteiger partial charge >= 0.3 is 0 Å². The highest BCUT2D eigenvalue weighted by Gasteiger charge is 2.28. The lowest BCUT2D eigenvalue weighted by Gasteiger charge is -2.11. The molecule has 1 aliphatic rings. The molecule has 0 saturated heterocycles. The molecule has 1 aromatic carbocycles. The predicted octanol–water partition coefficient (Wildman–Crippen LogP) is 0.969. The number of amides is 2. The van der Waals surface area contributed by atoms with Crippen LogP contribution in [0.1, 0.15) is 36.2 Å². The van der Waals surface area contributed by atoms with E-state index < -0.39 is 5.91 Å². The van der Waals surface area contributed by atoms with E-state index in [4.69, 9.17) is 9.47 Å². The fourth-order valence-electron chi connectivity index (χ4n) is 2.28. The molecule has 1 aromatic heterocycles. The van der Waals surface area contributed by atoms with Crippen molar-refractivity contribution in [3.8, 4) is 11.5 Å². The summed E-state index contributed by atoms with van der Waals surface area (Å²) in [6.45, 7) is 2.34. The van der Waals surface area contributed by atoms with Crippen molar-refractivity contribution in [2.45, 2.75) is 31.0 Å². The Balaban J connectivity index is 1.49. The number of hydrazine groups is 1. The Kier molecular flexibility index (Phi) is 6.12. The Labute approximate surface area is 159 Å². The van der Waals surface area contributed by atoms with E-state index in [1.807, 2.05) is 6.92 Å². The smallest absolute Gasteiger partial charge is 0.269 e. The average Bonchev–Trinajstić information content (AvgIpc) is 3.42. The van der Waals surface area contributed by atoms with Gasteiger partial charge in [0.05, 0.1) is 25.5 Å². The van der Waals surface area contributed by atoms with Crippen molar-refractivity contribution >= 4 is 23.6 Å². The van der Waals surface area contributed by atoms with E-state index in [1.54, 1.807) is 22.9 Å². The summed E-state index contributed by atoms with van der Waals surface area (Å²) in [5.41, 5.74) is 5.08. The number of aromatic nitrogens is 4. The Hall–Kier alpha value is -2.82. The first-order valence-electron chi connectivity index (χ1n) is 8.43. The Morgan fingerprint density at radius 1 is 1.30 bits per heavy atom. The SMILES string of the molecule is CCOc1ccc(C(=O)NNC(=O)CSc2nnnn2C2CC2)cc1OC. The number of ether oxygens (including phenoxy) is 2. The van der Waals surface area contributed by atoms with Crippen molar-refractivity contribution in [2.24, 2.45) is 0 Å². The van der Waals surface area contributed by atoms with Crippen LogP contribution < -0.4 is 20.3 Å². The van der Waals surface area contributed by atoms with Crippen LogP contribution in [0.15, 0.2) is 23.4 Å². The van der Waals surface area contributed by atoms with E-state index in [1.165, 1.54) is 18.9 Å². The van der Waals surface area contributed by atoms with Crippen LogP contribution in [0.5, 0.6) is 11.5 Å². The molecule has 0 atom stereocenters. The van der Waals surface area contributed by atoms with Crippen molar-refractivity contribution in [1.29, 1.82) is 0 Å². The number of carbonyl (C=O) groups excluding carboxylic acids is 2. The largest absolute Gasteiger partial charge is 0.493 e. The molecule has 10 nitrogen and oxygen atoms in total. The van der Waals surface area contributed by atoms with E-state index in [0.29, 0.717) is 34.9 Å². The molecule has 0 unspecified atom stereocenters. The zero-order valence-corrected chi connectivity index (χ0v) is 15.8. The second kappa shape index (κ2) is 8.71. The summed E-state index contributed by atoms with van der Waals surface area (Å²) < 4.78 is 12.3. The molecule has 0 aliphatic heterocycles. The lowest BCUT2D eigenvalue weighted by molar-refractivity contribution is -0.119. The van der Waals surface area contributed by atoms with Gasteiger partial charge in [-0.05, 0) is 48.4 Å². The molecule has 1 aliphatic carbocycles. The summed E-state index contributed by atoms with van der Waals surface area (Å²) >= 11 is 1.22. The number of hydrogen-bond donors (Lipinski definition) is 2. The highest BCUT2D eigenvalue weighted by molar-refractivity contribution is 7.99. The number of rotatable bonds is 8. The Morgan fingerprint density at radius 3 is 2.81 bits per heavy atom. The van der Waals surface area contributed by atoms with Crippen molar-refractivity contribution < 1.29 is 19.1 Å². The van der Waals surface area contributed by atoms with Gasteiger partial charge in [-0.25, -0.2) is 4.68 Å². The summed E-state index contributed by atoms with van der Waals surface area (Å²) in [5.74, 6) is 0.248. The van der Waals surface area contributed by atoms with Crippen LogP contribution >= 0.6 is 11.8 Å². The molecule has 27 heavy (non-hydrogen) atoms. The Morgan fingerprint density at radius 2 is 2.11 bits per heavy atom. The predicted molar refractivity (Wildman–Crippen MR) is 96.6 cm³/mol. The zero-order valence-electron chi connectivity index (χ0n) is 15.0. The van der Waals surface area contributed by atoms with Crippen LogP contribution in [0.2, 0.25) is 0 Å². The molecule has 2 amide bonds. The van der Waals surface area contributed by atoms with Crippen LogP contribution in [-0.4, -0.2) is 51.5 Å². The number of hydrogen-bond acceptors (Lipinski definition) is 8. The molecule has 1 heterocycles. The van der Waals surface area contributed by atoms with E-state index in [0.717, 1.165) is 12.8 Å². The van der Waals surface area contributed by atoms with Crippen LogP contribution in [0, 0.1) is 0 Å². The molecule has 2 aromatic rings. The molecule has 2 N–H and O–H groups in total. The molecule has 1 saturated carbocycles. The van der Waals surface area contributed by atoms with Crippen molar-refractivity contribution in [1.82, 2.24) is 31.1 Å². The number of tetrazole rings is 1. The standard InChI is InChI=1S/C16H20N6O4S/c1-3-26-12-7-4-10(8-13(12)25-2)15(24)18-17-14(23)9-27-16-19-20-21-22(16)11-5-6-11/h4,7-8,11H,3,5-6,9H2,1-2H3,(H,17,23)(H,18,24). The minimum Gasteiger partial charge on any atom is -0.493 e. The number of thioether (sulfide) groups is 1. The fraction of sp³-hybridized carbons (Fsp3) is 0.438. The summed E-state index contributed by atoms with van der Waals surface area (Å²) in [4.78, 5) is 24.2. The summed E-state index contributed by atoms with van der Waals surface area (Å²) in [6.07, 6.45) is 2.10. The lowest BCUT2D eigenvalue weighted by Crippen LogP contribution is -2.42. The van der Waals surface area contributed by atoms with Crippen LogP contribution in [-0.2, 0) is 4.79 Å². The number of carbonyl (C=O) groups is 2. The van der Waals surface area contributed by atoms with Crippen LogP contribution in [0.4, 0.5) is 0 Å². The number of nitrogens with zero attached hydrogens (tertiary/aromatic N) is 4.